The lowest BCUT2D eigenvalue weighted by atomic mass is 9.93. The van der Waals surface area contributed by atoms with E-state index in [2.05, 4.69) is 0 Å². The van der Waals surface area contributed by atoms with Gasteiger partial charge in [-0.15, -0.1) is 0 Å². The highest BCUT2D eigenvalue weighted by molar-refractivity contribution is 6.30. The molecule has 0 saturated carbocycles. The summed E-state index contributed by atoms with van der Waals surface area (Å²) in [6.45, 7) is 4.27. The molecule has 25 heavy (non-hydrogen) atoms. The molecule has 6 nitrogen and oxygen atoms in total. The van der Waals surface area contributed by atoms with Crippen LogP contribution in [0.2, 0.25) is 5.02 Å². The number of nitrogens with zero attached hydrogens (tertiary/aromatic N) is 2. The van der Waals surface area contributed by atoms with Gasteiger partial charge in [-0.05, 0) is 37.6 Å². The van der Waals surface area contributed by atoms with Crippen molar-refractivity contribution in [2.45, 2.75) is 18.4 Å². The number of halogens is 1. The summed E-state index contributed by atoms with van der Waals surface area (Å²) in [6.07, 6.45) is 1.50. The van der Waals surface area contributed by atoms with Crippen molar-refractivity contribution >= 4 is 17.5 Å². The van der Waals surface area contributed by atoms with Crippen molar-refractivity contribution in [1.29, 1.82) is 0 Å². The molecule has 2 heterocycles. The zero-order valence-electron chi connectivity index (χ0n) is 14.3. The van der Waals surface area contributed by atoms with Gasteiger partial charge in [0.25, 0.3) is 0 Å². The maximum atomic E-state index is 12.4. The van der Waals surface area contributed by atoms with Crippen molar-refractivity contribution in [3.8, 4) is 5.75 Å². The molecular formula is C18H25ClN2O4. The third-order valence-corrected chi connectivity index (χ3v) is 4.90. The topological polar surface area (TPSA) is 62.2 Å². The molecule has 1 unspecified atom stereocenters. The van der Waals surface area contributed by atoms with E-state index in [0.717, 1.165) is 13.0 Å². The van der Waals surface area contributed by atoms with Gasteiger partial charge in [0.2, 0.25) is 5.91 Å². The maximum absolute atomic E-state index is 12.4. The van der Waals surface area contributed by atoms with E-state index in [1.807, 2.05) is 21.9 Å². The van der Waals surface area contributed by atoms with Gasteiger partial charge in [-0.25, -0.2) is 0 Å². The monoisotopic (exact) mass is 368 g/mol. The van der Waals surface area contributed by atoms with Crippen LogP contribution in [0, 0.1) is 0 Å². The summed E-state index contributed by atoms with van der Waals surface area (Å²) in [5.41, 5.74) is -0.953. The molecule has 2 aliphatic heterocycles. The Labute approximate surface area is 153 Å². The minimum atomic E-state index is -0.953. The van der Waals surface area contributed by atoms with Crippen molar-refractivity contribution in [3.63, 3.8) is 0 Å². The molecule has 0 radical (unpaired) electrons. The van der Waals surface area contributed by atoms with Gasteiger partial charge in [0.1, 0.15) is 18.0 Å². The predicted molar refractivity (Wildman–Crippen MR) is 95.0 cm³/mol. The molecule has 3 rings (SSSR count). The lowest BCUT2D eigenvalue weighted by Gasteiger charge is -2.39. The van der Waals surface area contributed by atoms with Gasteiger partial charge in [0.05, 0.1) is 19.8 Å². The van der Waals surface area contributed by atoms with Crippen LogP contribution < -0.4 is 4.74 Å². The second-order valence-corrected chi connectivity index (χ2v) is 7.21. The number of morpholine rings is 1. The summed E-state index contributed by atoms with van der Waals surface area (Å²) in [5, 5.41) is 11.5. The highest BCUT2D eigenvalue weighted by Crippen LogP contribution is 2.24. The van der Waals surface area contributed by atoms with Crippen molar-refractivity contribution in [1.82, 2.24) is 9.80 Å². The van der Waals surface area contributed by atoms with Crippen molar-refractivity contribution in [3.05, 3.63) is 29.3 Å². The van der Waals surface area contributed by atoms with Gasteiger partial charge < -0.3 is 19.5 Å². The van der Waals surface area contributed by atoms with Crippen LogP contribution in [0.4, 0.5) is 0 Å². The summed E-state index contributed by atoms with van der Waals surface area (Å²) < 4.78 is 11.0. The van der Waals surface area contributed by atoms with Crippen LogP contribution in [0.5, 0.6) is 5.75 Å². The first-order valence-corrected chi connectivity index (χ1v) is 9.11. The Morgan fingerprint density at radius 2 is 2.12 bits per heavy atom. The molecule has 2 saturated heterocycles. The molecular weight excluding hydrogens is 344 g/mol. The van der Waals surface area contributed by atoms with Gasteiger partial charge in [0, 0.05) is 24.7 Å². The first-order valence-electron chi connectivity index (χ1n) is 8.73. The fraction of sp³-hybridized carbons (Fsp3) is 0.611. The van der Waals surface area contributed by atoms with Crippen LogP contribution in [0.15, 0.2) is 24.3 Å². The Hall–Kier alpha value is -1.34. The number of aliphatic hydroxyl groups is 1. The molecule has 138 valence electrons. The second kappa shape index (κ2) is 8.36. The normalized spacial score (nSPS) is 25.0. The van der Waals surface area contributed by atoms with Gasteiger partial charge in [-0.2, -0.15) is 0 Å². The van der Waals surface area contributed by atoms with Crippen LogP contribution in [0.3, 0.4) is 0 Å². The number of benzene rings is 1. The van der Waals surface area contributed by atoms with Gasteiger partial charge in [0.15, 0.2) is 0 Å². The van der Waals surface area contributed by atoms with Crippen LogP contribution in [0.1, 0.15) is 12.8 Å². The molecule has 1 aromatic rings. The number of amides is 1. The molecule has 7 heteroatoms. The Bertz CT molecular complexity index is 594. The Morgan fingerprint density at radius 1 is 1.32 bits per heavy atom. The van der Waals surface area contributed by atoms with E-state index < -0.39 is 5.60 Å². The lowest BCUT2D eigenvalue weighted by Crippen LogP contribution is -2.54. The van der Waals surface area contributed by atoms with Gasteiger partial charge in [-0.1, -0.05) is 17.7 Å². The Balaban J connectivity index is 1.51. The summed E-state index contributed by atoms with van der Waals surface area (Å²) in [4.78, 5) is 16.2. The minimum Gasteiger partial charge on any atom is -0.490 e. The van der Waals surface area contributed by atoms with Crippen LogP contribution in [-0.2, 0) is 9.53 Å². The summed E-state index contributed by atoms with van der Waals surface area (Å²) in [7, 11) is 0. The summed E-state index contributed by atoms with van der Waals surface area (Å²) in [5.74, 6) is 0.741. The first kappa shape index (κ1) is 18.5. The van der Waals surface area contributed by atoms with E-state index in [9.17, 15) is 9.90 Å². The molecule has 1 N–H and O–H groups in total. The number of carbonyl (C=O) groups excluding carboxylic acids is 1. The average Bonchev–Trinajstić information content (AvgIpc) is 2.61. The van der Waals surface area contributed by atoms with E-state index in [1.165, 1.54) is 0 Å². The number of rotatable bonds is 5. The van der Waals surface area contributed by atoms with E-state index in [1.54, 1.807) is 12.1 Å². The molecule has 2 fully saturated rings. The van der Waals surface area contributed by atoms with Gasteiger partial charge in [-0.3, -0.25) is 9.69 Å². The minimum absolute atomic E-state index is 0.100. The molecule has 1 aromatic carbocycles. The third kappa shape index (κ3) is 5.31. The third-order valence-electron chi connectivity index (χ3n) is 4.66. The van der Waals surface area contributed by atoms with Gasteiger partial charge >= 0.3 is 0 Å². The number of piperidine rings is 1. The quantitative estimate of drug-likeness (QED) is 0.851. The highest BCUT2D eigenvalue weighted by atomic mass is 35.5. The van der Waals surface area contributed by atoms with Crippen LogP contribution in [-0.4, -0.2) is 79.0 Å². The van der Waals surface area contributed by atoms with Crippen molar-refractivity contribution in [2.75, 3.05) is 52.5 Å². The number of β-amino-alcohol motifs (C(OH)–C–C–N with tert-alkyl or cyclic N) is 1. The van der Waals surface area contributed by atoms with E-state index in [-0.39, 0.29) is 12.5 Å². The molecule has 0 bridgehead atoms. The first-order chi connectivity index (χ1) is 12.0. The number of carbonyl (C=O) groups is 1. The predicted octanol–water partition coefficient (Wildman–Crippen LogP) is 1.40. The van der Waals surface area contributed by atoms with Crippen molar-refractivity contribution < 1.29 is 19.4 Å². The molecule has 0 aromatic heterocycles. The molecule has 0 spiro atoms. The Morgan fingerprint density at radius 3 is 2.88 bits per heavy atom. The molecule has 2 aliphatic rings. The fourth-order valence-electron chi connectivity index (χ4n) is 3.34. The number of hydrogen-bond acceptors (Lipinski definition) is 5. The number of hydrogen-bond donors (Lipinski definition) is 1. The lowest BCUT2D eigenvalue weighted by molar-refractivity contribution is -0.138. The summed E-state index contributed by atoms with van der Waals surface area (Å²) >= 11 is 5.95. The second-order valence-electron chi connectivity index (χ2n) is 6.78. The van der Waals surface area contributed by atoms with E-state index in [0.29, 0.717) is 56.6 Å². The average molecular weight is 369 g/mol. The SMILES string of the molecule is O=C(CN1CCCC(O)(COc2cccc(Cl)c2)C1)N1CCOCC1. The molecule has 0 aliphatic carbocycles. The standard InChI is InChI=1S/C18H25ClN2O4/c19-15-3-1-4-16(11-15)25-14-18(23)5-2-6-20(13-18)12-17(22)21-7-9-24-10-8-21/h1,3-4,11,23H,2,5-10,12-14H2. The van der Waals surface area contributed by atoms with Crippen LogP contribution in [0.25, 0.3) is 0 Å². The number of likely N-dealkylation sites (tertiary alicyclic amines) is 1. The Kier molecular flexibility index (Phi) is 6.17. The zero-order valence-corrected chi connectivity index (χ0v) is 15.1. The largest absolute Gasteiger partial charge is 0.490 e. The smallest absolute Gasteiger partial charge is 0.236 e. The zero-order chi connectivity index (χ0) is 17.7. The van der Waals surface area contributed by atoms with Crippen LogP contribution >= 0.6 is 11.6 Å². The molecule has 1 atom stereocenters. The maximum Gasteiger partial charge on any atom is 0.236 e. The highest BCUT2D eigenvalue weighted by Gasteiger charge is 2.35. The fourth-order valence-corrected chi connectivity index (χ4v) is 3.52. The van der Waals surface area contributed by atoms with E-state index >= 15 is 0 Å². The molecule has 1 amide bonds. The number of ether oxygens (including phenoxy) is 2. The van der Waals surface area contributed by atoms with E-state index in [4.69, 9.17) is 21.1 Å². The van der Waals surface area contributed by atoms with Crippen molar-refractivity contribution in [2.24, 2.45) is 0 Å². The summed E-state index contributed by atoms with van der Waals surface area (Å²) in [6, 6.07) is 7.14.